The van der Waals surface area contributed by atoms with Crippen molar-refractivity contribution in [2.45, 2.75) is 100 Å². The van der Waals surface area contributed by atoms with Crippen molar-refractivity contribution in [3.63, 3.8) is 0 Å². The van der Waals surface area contributed by atoms with Crippen LogP contribution >= 0.6 is 24.4 Å². The zero-order valence-electron chi connectivity index (χ0n) is 42.5. The maximum atomic E-state index is 14.0. The van der Waals surface area contributed by atoms with E-state index in [9.17, 15) is 68.4 Å². The third-order valence-corrected chi connectivity index (χ3v) is 12.1. The van der Waals surface area contributed by atoms with Crippen molar-refractivity contribution in [2.75, 3.05) is 50.7 Å². The van der Waals surface area contributed by atoms with E-state index in [0.29, 0.717) is 17.0 Å². The molecule has 0 aliphatic carbocycles. The maximum Gasteiger partial charge on any atom is 0.326 e. The molecule has 0 bridgehead atoms. The van der Waals surface area contributed by atoms with Gasteiger partial charge in [-0.1, -0.05) is 26.0 Å². The van der Waals surface area contributed by atoms with Gasteiger partial charge in [-0.05, 0) is 54.9 Å². The molecule has 0 saturated carbocycles. The molecule has 0 fully saturated rings. The Morgan fingerprint density at radius 2 is 1.19 bits per heavy atom. The molecule has 0 spiro atoms. The molecule has 428 valence electrons. The number of nitrogens with zero attached hydrogens (tertiary/aromatic N) is 2. The first-order valence-electron chi connectivity index (χ1n) is 23.9. The van der Waals surface area contributed by atoms with Crippen molar-refractivity contribution in [1.82, 2.24) is 57.8 Å². The van der Waals surface area contributed by atoms with E-state index >= 15 is 0 Å². The van der Waals surface area contributed by atoms with Gasteiger partial charge in [0.1, 0.15) is 60.1 Å². The van der Waals surface area contributed by atoms with Gasteiger partial charge in [0.25, 0.3) is 0 Å². The Labute approximate surface area is 452 Å². The number of carbonyl (C=O) groups excluding carboxylic acids is 9. The molecule has 9 amide bonds. The second-order valence-corrected chi connectivity index (χ2v) is 18.8. The van der Waals surface area contributed by atoms with E-state index in [-0.39, 0.29) is 56.1 Å². The number of carboxylic acid groups (broad SMARTS) is 1. The van der Waals surface area contributed by atoms with Crippen LogP contribution in [0.5, 0.6) is 5.75 Å². The molecule has 0 radical (unpaired) electrons. The van der Waals surface area contributed by atoms with E-state index in [4.69, 9.17) is 22.3 Å². The van der Waals surface area contributed by atoms with Gasteiger partial charge in [-0.2, -0.15) is 24.4 Å². The number of phenolic OH excluding ortho intramolecular Hbond substituents is 1. The molecule has 30 nitrogen and oxygen atoms in total. The van der Waals surface area contributed by atoms with Gasteiger partial charge >= 0.3 is 5.97 Å². The summed E-state index contributed by atoms with van der Waals surface area (Å²) in [5.74, 6) is -11.0. The second kappa shape index (κ2) is 34.4. The minimum Gasteiger partial charge on any atom is -0.508 e. The van der Waals surface area contributed by atoms with E-state index in [0.717, 1.165) is 0 Å². The van der Waals surface area contributed by atoms with E-state index in [1.807, 2.05) is 0 Å². The molecule has 0 aliphatic heterocycles. The summed E-state index contributed by atoms with van der Waals surface area (Å²) in [5.41, 5.74) is 17.2. The van der Waals surface area contributed by atoms with Gasteiger partial charge in [-0.3, -0.25) is 48.1 Å². The number of phenols is 1. The van der Waals surface area contributed by atoms with Crippen LogP contribution in [0.4, 0.5) is 0 Å². The number of aliphatic hydroxyl groups is 3. The number of amides is 9. The molecule has 0 unspecified atom stereocenters. The largest absolute Gasteiger partial charge is 0.508 e. The maximum absolute atomic E-state index is 14.0. The summed E-state index contributed by atoms with van der Waals surface area (Å²) in [5, 5.41) is 70.3. The Bertz CT molecular complexity index is 2310. The van der Waals surface area contributed by atoms with Crippen LogP contribution in [0.1, 0.15) is 44.4 Å². The summed E-state index contributed by atoms with van der Waals surface area (Å²) >= 11 is 5.34. The molecule has 32 heteroatoms. The second-order valence-electron chi connectivity index (χ2n) is 17.5. The third kappa shape index (κ3) is 23.7. The van der Waals surface area contributed by atoms with Gasteiger partial charge in [0.15, 0.2) is 5.96 Å². The van der Waals surface area contributed by atoms with Gasteiger partial charge in [-0.25, -0.2) is 9.78 Å². The van der Waals surface area contributed by atoms with Crippen LogP contribution in [0.2, 0.25) is 0 Å². The van der Waals surface area contributed by atoms with Crippen LogP contribution in [0.3, 0.4) is 0 Å². The molecule has 0 saturated heterocycles. The van der Waals surface area contributed by atoms with Gasteiger partial charge in [-0.15, -0.1) is 0 Å². The van der Waals surface area contributed by atoms with Crippen molar-refractivity contribution in [3.8, 4) is 5.75 Å². The number of thioether (sulfide) groups is 1. The SMILES string of the molecule is CSCC[C@H](NC(=O)[C@H](Cc1ccc(O)cc1)NC(=O)CNC(=O)[C@@H](NC(=O)[C@H](CCCN=C(N)N)NC(=O)[C@H](CO)NC(=O)[C@H](CO)NC(=O)[C@H](CS)NC(=O)[C@@H](N)CO)C(C)C)C(=O)N[C@@H](Cc1cnc[nH]1)C(=O)O. The first-order chi connectivity index (χ1) is 36.5. The monoisotopic (exact) mass is 1130 g/mol. The number of rotatable bonds is 35. The normalized spacial score (nSPS) is 14.5. The number of aromatic hydroxyl groups is 1. The fourth-order valence-electron chi connectivity index (χ4n) is 6.79. The van der Waals surface area contributed by atoms with Crippen LogP contribution in [0.25, 0.3) is 0 Å². The molecule has 9 atom stereocenters. The molecule has 1 heterocycles. The molecular weight excluding hydrogens is 1050 g/mol. The fourth-order valence-corrected chi connectivity index (χ4v) is 7.52. The lowest BCUT2D eigenvalue weighted by Gasteiger charge is -2.27. The summed E-state index contributed by atoms with van der Waals surface area (Å²) < 4.78 is 0. The predicted molar refractivity (Wildman–Crippen MR) is 281 cm³/mol. The predicted octanol–water partition coefficient (Wildman–Crippen LogP) is -7.32. The molecular formula is C45H71N15O15S2. The van der Waals surface area contributed by atoms with Gasteiger partial charge in [0.2, 0.25) is 53.2 Å². The number of hydrogen-bond acceptors (Lipinski definition) is 19. The first kappa shape index (κ1) is 65.9. The Morgan fingerprint density at radius 1 is 0.675 bits per heavy atom. The number of carboxylic acids is 1. The smallest absolute Gasteiger partial charge is 0.326 e. The van der Waals surface area contributed by atoms with Crippen LogP contribution in [-0.4, -0.2) is 206 Å². The summed E-state index contributed by atoms with van der Waals surface area (Å²) in [7, 11) is 0. The number of aromatic amines is 1. The van der Waals surface area contributed by atoms with Crippen LogP contribution in [0, 0.1) is 5.92 Å². The van der Waals surface area contributed by atoms with Crippen molar-refractivity contribution in [3.05, 3.63) is 48.0 Å². The lowest BCUT2D eigenvalue weighted by atomic mass is 10.0. The van der Waals surface area contributed by atoms with Crippen LogP contribution < -0.4 is 65.1 Å². The third-order valence-electron chi connectivity index (χ3n) is 11.1. The number of H-pyrrole nitrogens is 1. The Kier molecular flexibility index (Phi) is 29.4. The van der Waals surface area contributed by atoms with Crippen molar-refractivity contribution in [2.24, 2.45) is 28.1 Å². The summed E-state index contributed by atoms with van der Waals surface area (Å²) in [6, 6.07) is -7.59. The topological polar surface area (TPSA) is 499 Å². The first-order valence-corrected chi connectivity index (χ1v) is 25.9. The highest BCUT2D eigenvalue weighted by atomic mass is 32.2. The van der Waals surface area contributed by atoms with Crippen LogP contribution in [-0.2, 0) is 60.8 Å². The van der Waals surface area contributed by atoms with E-state index in [1.165, 1.54) is 48.6 Å². The van der Waals surface area contributed by atoms with Crippen molar-refractivity contribution < 1.29 is 73.5 Å². The Balaban J connectivity index is 2.26. The quantitative estimate of drug-likeness (QED) is 0.0132. The lowest BCUT2D eigenvalue weighted by Crippen LogP contribution is -2.61. The van der Waals surface area contributed by atoms with E-state index < -0.39 is 146 Å². The number of aliphatic carboxylic acids is 1. The number of nitrogens with one attached hydrogen (secondary N) is 10. The minimum absolute atomic E-state index is 0.0296. The number of carbonyl (C=O) groups is 10. The molecule has 0 aliphatic rings. The van der Waals surface area contributed by atoms with E-state index in [2.05, 4.69) is 75.4 Å². The van der Waals surface area contributed by atoms with Crippen molar-refractivity contribution >= 4 is 89.5 Å². The highest BCUT2D eigenvalue weighted by Gasteiger charge is 2.34. The molecule has 2 aromatic rings. The number of imidazole rings is 1. The number of hydrogen-bond donors (Lipinski definition) is 19. The molecule has 2 rings (SSSR count). The molecule has 77 heavy (non-hydrogen) atoms. The van der Waals surface area contributed by atoms with E-state index in [1.54, 1.807) is 20.1 Å². The zero-order chi connectivity index (χ0) is 57.8. The van der Waals surface area contributed by atoms with Gasteiger partial charge < -0.3 is 95.6 Å². The van der Waals surface area contributed by atoms with Crippen LogP contribution in [0.15, 0.2) is 41.8 Å². The highest BCUT2D eigenvalue weighted by molar-refractivity contribution is 7.98. The number of guanidine groups is 1. The number of aliphatic hydroxyl groups excluding tert-OH is 3. The van der Waals surface area contributed by atoms with Gasteiger partial charge in [0.05, 0.1) is 32.7 Å². The molecule has 1 aromatic heterocycles. The number of nitrogens with two attached hydrogens (primary N) is 3. The average Bonchev–Trinajstić information content (AvgIpc) is 3.91. The zero-order valence-corrected chi connectivity index (χ0v) is 44.2. The Hall–Kier alpha value is -7.26. The Morgan fingerprint density at radius 3 is 1.70 bits per heavy atom. The molecule has 21 N–H and O–H groups in total. The summed E-state index contributed by atoms with van der Waals surface area (Å²) in [6.07, 6.45) is 4.11. The van der Waals surface area contributed by atoms with Gasteiger partial charge in [0, 0.05) is 37.0 Å². The standard InChI is InChI=1S/C45H71N15O15S2/c1-22(2)35(60-38(68)27(5-4-11-50-45(47)48)54-40(70)31(18-62)57-41(71)32(19-63)58-42(72)33(20-76)59-36(66)26(46)17-61)43(73)51-16-34(65)53-29(13-23-6-8-25(64)9-7-23)39(69)55-28(10-12-77-3)37(67)56-30(44(74)75)14-24-15-49-21-52-24/h6-9,15,21-22,26-33,35,61-64,76H,4-5,10-14,16-20,46H2,1-3H3,(H,49,52)(H,51,73)(H,53,65)(H,54,70)(H,55,69)(H,56,67)(H,57,71)(H,58,72)(H,59,66)(H,60,68)(H,74,75)(H4,47,48,50)/t26-,27-,28-,29-,30-,31-,32-,33-,35-/m0/s1. The summed E-state index contributed by atoms with van der Waals surface area (Å²) in [4.78, 5) is 143. The number of aliphatic imine (C=N–C) groups is 1. The highest BCUT2D eigenvalue weighted by Crippen LogP contribution is 2.13. The fraction of sp³-hybridized carbons (Fsp3) is 0.556. The average molecular weight is 1130 g/mol. The number of thiol groups is 1. The minimum atomic E-state index is -1.80. The lowest BCUT2D eigenvalue weighted by molar-refractivity contribution is -0.142. The molecule has 1 aromatic carbocycles. The number of aromatic nitrogens is 2. The summed E-state index contributed by atoms with van der Waals surface area (Å²) in [6.45, 7) is -0.514. The van der Waals surface area contributed by atoms with Crippen molar-refractivity contribution in [1.29, 1.82) is 0 Å². The number of benzene rings is 1.